The number of rotatable bonds is 3. The minimum absolute atomic E-state index is 0.0632. The highest BCUT2D eigenvalue weighted by Crippen LogP contribution is 2.29. The van der Waals surface area contributed by atoms with Gasteiger partial charge in [0.2, 0.25) is 0 Å². The summed E-state index contributed by atoms with van der Waals surface area (Å²) in [6.07, 6.45) is 1.54. The van der Waals surface area contributed by atoms with Crippen molar-refractivity contribution in [1.29, 1.82) is 0 Å². The lowest BCUT2D eigenvalue weighted by Gasteiger charge is -2.22. The number of carbonyl (C=O) groups is 2. The first kappa shape index (κ1) is 14.1. The van der Waals surface area contributed by atoms with Crippen molar-refractivity contribution in [1.82, 2.24) is 4.90 Å². The van der Waals surface area contributed by atoms with Crippen LogP contribution in [0.25, 0.3) is 10.1 Å². The number of benzene rings is 1. The number of hydrogen-bond acceptors (Lipinski definition) is 4. The Morgan fingerprint density at radius 2 is 2.19 bits per heavy atom. The van der Waals surface area contributed by atoms with Crippen LogP contribution in [-0.4, -0.2) is 36.0 Å². The number of hydrogen-bond donors (Lipinski definition) is 0. The second-order valence-corrected chi connectivity index (χ2v) is 6.14. The highest BCUT2D eigenvalue weighted by molar-refractivity contribution is 7.20. The Balaban J connectivity index is 1.85. The van der Waals surface area contributed by atoms with E-state index in [0.29, 0.717) is 24.4 Å². The Morgan fingerprint density at radius 3 is 2.95 bits per heavy atom. The van der Waals surface area contributed by atoms with Crippen molar-refractivity contribution < 1.29 is 14.3 Å². The molecule has 1 aromatic carbocycles. The number of fused-ring (bicyclic) bond motifs is 1. The normalized spacial score (nSPS) is 18.1. The number of likely N-dealkylation sites (tertiary alicyclic amines) is 1. The largest absolute Gasteiger partial charge is 0.464 e. The molecule has 2 aromatic rings. The molecule has 1 unspecified atom stereocenters. The molecule has 2 heterocycles. The number of carbonyl (C=O) groups excluding carboxylic acids is 2. The summed E-state index contributed by atoms with van der Waals surface area (Å²) < 4.78 is 6.16. The van der Waals surface area contributed by atoms with Gasteiger partial charge in [-0.3, -0.25) is 4.79 Å². The standard InChI is InChI=1S/C16H17NO3S/c1-2-20-16(19)12-7-5-9-17(12)15(18)14-10-11-6-3-4-8-13(11)21-14/h3-4,6,8,10,12H,2,5,7,9H2,1H3. The van der Waals surface area contributed by atoms with Crippen LogP contribution < -0.4 is 0 Å². The van der Waals surface area contributed by atoms with E-state index in [-0.39, 0.29) is 11.9 Å². The van der Waals surface area contributed by atoms with Crippen LogP contribution in [-0.2, 0) is 9.53 Å². The zero-order valence-corrected chi connectivity index (χ0v) is 12.7. The smallest absolute Gasteiger partial charge is 0.328 e. The lowest BCUT2D eigenvalue weighted by molar-refractivity contribution is -0.147. The second kappa shape index (κ2) is 5.85. The number of esters is 1. The van der Waals surface area contributed by atoms with Gasteiger partial charge in [-0.1, -0.05) is 18.2 Å². The summed E-state index contributed by atoms with van der Waals surface area (Å²) in [6, 6.07) is 9.40. The fourth-order valence-electron chi connectivity index (χ4n) is 2.72. The lowest BCUT2D eigenvalue weighted by atomic mass is 10.2. The third-order valence-electron chi connectivity index (χ3n) is 3.71. The van der Waals surface area contributed by atoms with E-state index in [1.54, 1.807) is 11.8 Å². The molecular weight excluding hydrogens is 286 g/mol. The summed E-state index contributed by atoms with van der Waals surface area (Å²) in [5.41, 5.74) is 0. The molecule has 0 saturated carbocycles. The van der Waals surface area contributed by atoms with Gasteiger partial charge in [-0.15, -0.1) is 11.3 Å². The summed E-state index contributed by atoms with van der Waals surface area (Å²) >= 11 is 1.48. The van der Waals surface area contributed by atoms with Crippen molar-refractivity contribution in [2.24, 2.45) is 0 Å². The Morgan fingerprint density at radius 1 is 1.38 bits per heavy atom. The van der Waals surface area contributed by atoms with Crippen LogP contribution in [0.2, 0.25) is 0 Å². The number of amides is 1. The quantitative estimate of drug-likeness (QED) is 0.819. The first-order valence-electron chi connectivity index (χ1n) is 7.17. The number of nitrogens with zero attached hydrogens (tertiary/aromatic N) is 1. The van der Waals surface area contributed by atoms with E-state index in [2.05, 4.69) is 0 Å². The molecule has 0 bridgehead atoms. The van der Waals surface area contributed by atoms with Crippen molar-refractivity contribution >= 4 is 33.3 Å². The van der Waals surface area contributed by atoms with Crippen molar-refractivity contribution in [2.45, 2.75) is 25.8 Å². The molecule has 1 saturated heterocycles. The van der Waals surface area contributed by atoms with Crippen LogP contribution in [0.15, 0.2) is 30.3 Å². The van der Waals surface area contributed by atoms with Crippen LogP contribution >= 0.6 is 11.3 Å². The highest BCUT2D eigenvalue weighted by Gasteiger charge is 2.36. The number of ether oxygens (including phenoxy) is 1. The molecular formula is C16H17NO3S. The molecule has 1 amide bonds. The summed E-state index contributed by atoms with van der Waals surface area (Å²) in [6.45, 7) is 2.75. The SMILES string of the molecule is CCOC(=O)C1CCCN1C(=O)c1cc2ccccc2s1. The van der Waals surface area contributed by atoms with Gasteiger partial charge in [-0.05, 0) is 37.3 Å². The Hall–Kier alpha value is -1.88. The molecule has 0 radical (unpaired) electrons. The van der Waals surface area contributed by atoms with Crippen molar-refractivity contribution in [3.05, 3.63) is 35.2 Å². The molecule has 1 atom stereocenters. The fourth-order valence-corrected chi connectivity index (χ4v) is 3.74. The van der Waals surface area contributed by atoms with E-state index < -0.39 is 6.04 Å². The van der Waals surface area contributed by atoms with Crippen molar-refractivity contribution in [3.8, 4) is 0 Å². The fraction of sp³-hybridized carbons (Fsp3) is 0.375. The lowest BCUT2D eigenvalue weighted by Crippen LogP contribution is -2.41. The van der Waals surface area contributed by atoms with Gasteiger partial charge in [-0.2, -0.15) is 0 Å². The molecule has 0 aliphatic carbocycles. The van der Waals surface area contributed by atoms with E-state index in [1.807, 2.05) is 30.3 Å². The van der Waals surface area contributed by atoms with Gasteiger partial charge in [-0.25, -0.2) is 4.79 Å². The monoisotopic (exact) mass is 303 g/mol. The minimum atomic E-state index is -0.428. The summed E-state index contributed by atoms with van der Waals surface area (Å²) in [5.74, 6) is -0.351. The molecule has 5 heteroatoms. The molecule has 1 fully saturated rings. The topological polar surface area (TPSA) is 46.6 Å². The third-order valence-corrected chi connectivity index (χ3v) is 4.81. The van der Waals surface area contributed by atoms with Crippen LogP contribution in [0.3, 0.4) is 0 Å². The molecule has 4 nitrogen and oxygen atoms in total. The van der Waals surface area contributed by atoms with Gasteiger partial charge in [0.05, 0.1) is 11.5 Å². The number of thiophene rings is 1. The molecule has 1 aliphatic rings. The van der Waals surface area contributed by atoms with Crippen LogP contribution in [0.1, 0.15) is 29.4 Å². The summed E-state index contributed by atoms with van der Waals surface area (Å²) in [7, 11) is 0. The van der Waals surface area contributed by atoms with Crippen LogP contribution in [0.5, 0.6) is 0 Å². The van der Waals surface area contributed by atoms with Gasteiger partial charge in [0.1, 0.15) is 6.04 Å². The zero-order valence-electron chi connectivity index (χ0n) is 11.9. The van der Waals surface area contributed by atoms with Gasteiger partial charge in [0.25, 0.3) is 5.91 Å². The minimum Gasteiger partial charge on any atom is -0.464 e. The van der Waals surface area contributed by atoms with E-state index in [9.17, 15) is 9.59 Å². The Bertz CT molecular complexity index is 646. The second-order valence-electron chi connectivity index (χ2n) is 5.06. The van der Waals surface area contributed by atoms with Gasteiger partial charge in [0.15, 0.2) is 0 Å². The maximum Gasteiger partial charge on any atom is 0.328 e. The van der Waals surface area contributed by atoms with Crippen molar-refractivity contribution in [2.75, 3.05) is 13.2 Å². The molecule has 0 spiro atoms. The van der Waals surface area contributed by atoms with Gasteiger partial charge < -0.3 is 9.64 Å². The Kier molecular flexibility index (Phi) is 3.92. The molecule has 110 valence electrons. The van der Waals surface area contributed by atoms with Crippen LogP contribution in [0.4, 0.5) is 0 Å². The maximum atomic E-state index is 12.7. The third kappa shape index (κ3) is 2.65. The summed E-state index contributed by atoms with van der Waals surface area (Å²) in [5, 5.41) is 1.07. The van der Waals surface area contributed by atoms with E-state index in [4.69, 9.17) is 4.74 Å². The predicted molar refractivity (Wildman–Crippen MR) is 82.5 cm³/mol. The molecule has 1 aliphatic heterocycles. The average molecular weight is 303 g/mol. The molecule has 1 aromatic heterocycles. The van der Waals surface area contributed by atoms with Crippen molar-refractivity contribution in [3.63, 3.8) is 0 Å². The van der Waals surface area contributed by atoms with Gasteiger partial charge >= 0.3 is 5.97 Å². The summed E-state index contributed by atoms with van der Waals surface area (Å²) in [4.78, 5) is 27.0. The predicted octanol–water partition coefficient (Wildman–Crippen LogP) is 3.07. The van der Waals surface area contributed by atoms with E-state index in [0.717, 1.165) is 16.5 Å². The van der Waals surface area contributed by atoms with E-state index >= 15 is 0 Å². The first-order chi connectivity index (χ1) is 10.2. The molecule has 3 rings (SSSR count). The molecule has 21 heavy (non-hydrogen) atoms. The van der Waals surface area contributed by atoms with Gasteiger partial charge in [0, 0.05) is 11.2 Å². The highest BCUT2D eigenvalue weighted by atomic mass is 32.1. The zero-order chi connectivity index (χ0) is 14.8. The van der Waals surface area contributed by atoms with E-state index in [1.165, 1.54) is 11.3 Å². The first-order valence-corrected chi connectivity index (χ1v) is 7.98. The molecule has 0 N–H and O–H groups in total. The average Bonchev–Trinajstić information content (AvgIpc) is 3.13. The van der Waals surface area contributed by atoms with Crippen LogP contribution in [0, 0.1) is 0 Å². The Labute approximate surface area is 127 Å². The maximum absolute atomic E-state index is 12.7.